The first-order valence-corrected chi connectivity index (χ1v) is 8.34. The number of halogens is 5. The molecule has 0 aliphatic carbocycles. The van der Waals surface area contributed by atoms with Gasteiger partial charge in [-0.15, -0.1) is 0 Å². The van der Waals surface area contributed by atoms with Crippen LogP contribution in [0.2, 0.25) is 5.02 Å². The Labute approximate surface area is 161 Å². The SMILES string of the molecule is Cc1cc(NC(=O)c2cc(C(F)(F)F)n(C)n2)nn1Cc1c(F)cccc1Cl. The Morgan fingerprint density at radius 1 is 1.25 bits per heavy atom. The molecular formula is C17H14ClF4N5O. The van der Waals surface area contributed by atoms with E-state index in [0.717, 1.165) is 7.05 Å². The van der Waals surface area contributed by atoms with Gasteiger partial charge in [0.05, 0.1) is 6.54 Å². The lowest BCUT2D eigenvalue weighted by Gasteiger charge is -2.07. The Balaban J connectivity index is 1.79. The lowest BCUT2D eigenvalue weighted by atomic mass is 10.2. The highest BCUT2D eigenvalue weighted by molar-refractivity contribution is 6.31. The summed E-state index contributed by atoms with van der Waals surface area (Å²) in [4.78, 5) is 12.2. The summed E-state index contributed by atoms with van der Waals surface area (Å²) in [5.41, 5.74) is -0.632. The number of anilines is 1. The highest BCUT2D eigenvalue weighted by Gasteiger charge is 2.35. The van der Waals surface area contributed by atoms with Gasteiger partial charge in [-0.2, -0.15) is 23.4 Å². The lowest BCUT2D eigenvalue weighted by molar-refractivity contribution is -0.143. The molecule has 1 N–H and O–H groups in total. The van der Waals surface area contributed by atoms with Crippen molar-refractivity contribution in [1.82, 2.24) is 19.6 Å². The van der Waals surface area contributed by atoms with E-state index >= 15 is 0 Å². The van der Waals surface area contributed by atoms with Crippen LogP contribution in [0.1, 0.15) is 27.4 Å². The average molecular weight is 416 g/mol. The number of aryl methyl sites for hydroxylation is 2. The molecule has 2 aromatic heterocycles. The van der Waals surface area contributed by atoms with Crippen LogP contribution >= 0.6 is 11.6 Å². The number of hydrogen-bond donors (Lipinski definition) is 1. The van der Waals surface area contributed by atoms with Gasteiger partial charge in [0.2, 0.25) is 0 Å². The maximum absolute atomic E-state index is 13.9. The molecule has 0 saturated heterocycles. The molecule has 1 aromatic carbocycles. The van der Waals surface area contributed by atoms with Crippen molar-refractivity contribution in [2.75, 3.05) is 5.32 Å². The topological polar surface area (TPSA) is 64.7 Å². The molecule has 0 fully saturated rings. The van der Waals surface area contributed by atoms with Crippen LogP contribution in [-0.2, 0) is 19.8 Å². The summed E-state index contributed by atoms with van der Waals surface area (Å²) in [5.74, 6) is -1.25. The van der Waals surface area contributed by atoms with Crippen molar-refractivity contribution in [3.63, 3.8) is 0 Å². The third-order valence-electron chi connectivity index (χ3n) is 4.00. The van der Waals surface area contributed by atoms with Crippen LogP contribution < -0.4 is 5.32 Å². The zero-order valence-electron chi connectivity index (χ0n) is 14.7. The van der Waals surface area contributed by atoms with Crippen molar-refractivity contribution < 1.29 is 22.4 Å². The molecular weight excluding hydrogens is 402 g/mol. The highest BCUT2D eigenvalue weighted by Crippen LogP contribution is 2.29. The van der Waals surface area contributed by atoms with Crippen molar-refractivity contribution in [3.8, 4) is 0 Å². The van der Waals surface area contributed by atoms with Crippen molar-refractivity contribution >= 4 is 23.3 Å². The number of carbonyl (C=O) groups excluding carboxylic acids is 1. The smallest absolute Gasteiger partial charge is 0.304 e. The van der Waals surface area contributed by atoms with Gasteiger partial charge in [-0.3, -0.25) is 14.2 Å². The van der Waals surface area contributed by atoms with Gasteiger partial charge in [-0.05, 0) is 19.1 Å². The first-order chi connectivity index (χ1) is 13.1. The number of nitrogens with zero attached hydrogens (tertiary/aromatic N) is 4. The molecule has 2 heterocycles. The fourth-order valence-corrected chi connectivity index (χ4v) is 2.81. The van der Waals surface area contributed by atoms with Gasteiger partial charge in [0.25, 0.3) is 5.91 Å². The van der Waals surface area contributed by atoms with Crippen molar-refractivity contribution in [2.45, 2.75) is 19.6 Å². The fraction of sp³-hybridized carbons (Fsp3) is 0.235. The number of amides is 1. The average Bonchev–Trinajstić information content (AvgIpc) is 3.14. The van der Waals surface area contributed by atoms with E-state index in [0.29, 0.717) is 16.4 Å². The number of hydrogen-bond acceptors (Lipinski definition) is 3. The predicted molar refractivity (Wildman–Crippen MR) is 93.6 cm³/mol. The van der Waals surface area contributed by atoms with Gasteiger partial charge in [0.15, 0.2) is 11.5 Å². The number of nitrogens with one attached hydrogen (secondary N) is 1. The summed E-state index contributed by atoms with van der Waals surface area (Å²) < 4.78 is 54.4. The first kappa shape index (κ1) is 19.9. The summed E-state index contributed by atoms with van der Waals surface area (Å²) in [5, 5.41) is 10.3. The minimum Gasteiger partial charge on any atom is -0.304 e. The molecule has 28 heavy (non-hydrogen) atoms. The van der Waals surface area contributed by atoms with E-state index < -0.39 is 29.3 Å². The Morgan fingerprint density at radius 2 is 1.96 bits per heavy atom. The van der Waals surface area contributed by atoms with Gasteiger partial charge in [-0.25, -0.2) is 4.39 Å². The molecule has 0 radical (unpaired) electrons. The number of benzene rings is 1. The van der Waals surface area contributed by atoms with Crippen LogP contribution in [0.3, 0.4) is 0 Å². The molecule has 6 nitrogen and oxygen atoms in total. The Kier molecular flexibility index (Phi) is 5.16. The second kappa shape index (κ2) is 7.27. The number of aromatic nitrogens is 4. The molecule has 0 aliphatic heterocycles. The number of alkyl halides is 3. The Hall–Kier alpha value is -2.88. The van der Waals surface area contributed by atoms with Gasteiger partial charge in [0.1, 0.15) is 11.5 Å². The highest BCUT2D eigenvalue weighted by atomic mass is 35.5. The molecule has 11 heteroatoms. The van der Waals surface area contributed by atoms with E-state index in [2.05, 4.69) is 15.5 Å². The minimum absolute atomic E-state index is 0.0228. The zero-order chi connectivity index (χ0) is 20.6. The summed E-state index contributed by atoms with van der Waals surface area (Å²) in [6.45, 7) is 1.70. The number of rotatable bonds is 4. The van der Waals surface area contributed by atoms with Crippen molar-refractivity contribution in [3.05, 3.63) is 63.8 Å². The van der Waals surface area contributed by atoms with Gasteiger partial charge >= 0.3 is 6.18 Å². The van der Waals surface area contributed by atoms with Crippen LogP contribution in [0, 0.1) is 12.7 Å². The van der Waals surface area contributed by atoms with Crippen molar-refractivity contribution in [2.24, 2.45) is 7.05 Å². The van der Waals surface area contributed by atoms with E-state index in [1.807, 2.05) is 0 Å². The van der Waals surface area contributed by atoms with E-state index in [4.69, 9.17) is 11.6 Å². The van der Waals surface area contributed by atoms with E-state index in [1.165, 1.54) is 22.9 Å². The van der Waals surface area contributed by atoms with E-state index in [-0.39, 0.29) is 22.9 Å². The summed E-state index contributed by atoms with van der Waals surface area (Å²) in [7, 11) is 1.09. The molecule has 3 aromatic rings. The first-order valence-electron chi connectivity index (χ1n) is 7.96. The molecule has 3 rings (SSSR count). The predicted octanol–water partition coefficient (Wildman–Crippen LogP) is 4.04. The molecule has 0 saturated carbocycles. The van der Waals surface area contributed by atoms with Gasteiger partial charge in [0, 0.05) is 35.5 Å². The Bertz CT molecular complexity index is 1020. The summed E-state index contributed by atoms with van der Waals surface area (Å²) >= 11 is 6.00. The molecule has 0 spiro atoms. The molecule has 148 valence electrons. The van der Waals surface area contributed by atoms with Crippen LogP contribution in [0.4, 0.5) is 23.4 Å². The second-order valence-electron chi connectivity index (χ2n) is 6.02. The monoisotopic (exact) mass is 415 g/mol. The van der Waals surface area contributed by atoms with Gasteiger partial charge < -0.3 is 5.32 Å². The second-order valence-corrected chi connectivity index (χ2v) is 6.43. The van der Waals surface area contributed by atoms with Gasteiger partial charge in [-0.1, -0.05) is 17.7 Å². The Morgan fingerprint density at radius 3 is 2.57 bits per heavy atom. The van der Waals surface area contributed by atoms with E-state index in [9.17, 15) is 22.4 Å². The molecule has 0 aliphatic rings. The third-order valence-corrected chi connectivity index (χ3v) is 4.35. The maximum Gasteiger partial charge on any atom is 0.433 e. The van der Waals surface area contributed by atoms with Crippen LogP contribution in [-0.4, -0.2) is 25.5 Å². The third kappa shape index (κ3) is 4.01. The zero-order valence-corrected chi connectivity index (χ0v) is 15.4. The van der Waals surface area contributed by atoms with E-state index in [1.54, 1.807) is 13.0 Å². The summed E-state index contributed by atoms with van der Waals surface area (Å²) in [6.07, 6.45) is -4.63. The van der Waals surface area contributed by atoms with Crippen molar-refractivity contribution in [1.29, 1.82) is 0 Å². The van der Waals surface area contributed by atoms with Crippen LogP contribution in [0.15, 0.2) is 30.3 Å². The standard InChI is InChI=1S/C17H14ClF4N5O/c1-9-6-15(25-27(9)8-10-11(18)4-3-5-12(10)19)23-16(28)13-7-14(17(20,21)22)26(2)24-13/h3-7H,8H2,1-2H3,(H,23,25,28). The van der Waals surface area contributed by atoms with Crippen LogP contribution in [0.5, 0.6) is 0 Å². The molecule has 0 unspecified atom stereocenters. The lowest BCUT2D eigenvalue weighted by Crippen LogP contribution is -2.14. The fourth-order valence-electron chi connectivity index (χ4n) is 2.59. The maximum atomic E-state index is 13.9. The quantitative estimate of drug-likeness (QED) is 0.654. The summed E-state index contributed by atoms with van der Waals surface area (Å²) in [6, 6.07) is 6.44. The molecule has 0 bridgehead atoms. The molecule has 1 amide bonds. The van der Waals surface area contributed by atoms with Crippen LogP contribution in [0.25, 0.3) is 0 Å². The molecule has 0 atom stereocenters. The normalized spacial score (nSPS) is 11.7. The minimum atomic E-state index is -4.63. The number of carbonyl (C=O) groups is 1. The largest absolute Gasteiger partial charge is 0.433 e.